The maximum Gasteiger partial charge on any atom is 0.140 e. The molecule has 0 aliphatic heterocycles. The van der Waals surface area contributed by atoms with Gasteiger partial charge in [-0.1, -0.05) is 29.3 Å². The summed E-state index contributed by atoms with van der Waals surface area (Å²) in [5, 5.41) is 9.48. The summed E-state index contributed by atoms with van der Waals surface area (Å²) in [6, 6.07) is 10.6. The molecular formula is C14H8Cl2FNOS. The summed E-state index contributed by atoms with van der Waals surface area (Å²) in [5.74, 6) is -0.413. The van der Waals surface area contributed by atoms with Crippen LogP contribution in [0.5, 0.6) is 0 Å². The molecule has 2 nitrogen and oxygen atoms in total. The zero-order chi connectivity index (χ0) is 14.7. The SMILES string of the molecule is N#Cc1cc(CS(=O)c2ccc(Cl)c(Cl)c2)ccc1F. The Labute approximate surface area is 128 Å². The lowest BCUT2D eigenvalue weighted by Gasteiger charge is -2.05. The fourth-order valence-corrected chi connectivity index (χ4v) is 3.08. The molecule has 2 aromatic rings. The molecule has 0 aromatic heterocycles. The molecule has 0 saturated heterocycles. The highest BCUT2D eigenvalue weighted by molar-refractivity contribution is 7.84. The molecule has 0 N–H and O–H groups in total. The topological polar surface area (TPSA) is 40.9 Å². The molecule has 1 atom stereocenters. The van der Waals surface area contributed by atoms with E-state index in [1.807, 2.05) is 0 Å². The quantitative estimate of drug-likeness (QED) is 0.842. The van der Waals surface area contributed by atoms with Gasteiger partial charge in [0.15, 0.2) is 0 Å². The molecule has 0 fully saturated rings. The van der Waals surface area contributed by atoms with E-state index in [4.69, 9.17) is 28.5 Å². The van der Waals surface area contributed by atoms with Gasteiger partial charge in [-0.3, -0.25) is 4.21 Å². The predicted octanol–water partition coefficient (Wildman–Crippen LogP) is 4.31. The van der Waals surface area contributed by atoms with Crippen molar-refractivity contribution in [3.05, 3.63) is 63.4 Å². The molecule has 20 heavy (non-hydrogen) atoms. The lowest BCUT2D eigenvalue weighted by atomic mass is 10.1. The molecule has 0 spiro atoms. The Balaban J connectivity index is 2.23. The molecule has 0 amide bonds. The summed E-state index contributed by atoms with van der Waals surface area (Å²) in [6.45, 7) is 0. The van der Waals surface area contributed by atoms with Crippen molar-refractivity contribution in [1.29, 1.82) is 5.26 Å². The molecule has 0 aliphatic rings. The Kier molecular flexibility index (Phi) is 4.77. The first-order valence-electron chi connectivity index (χ1n) is 5.53. The van der Waals surface area contributed by atoms with Crippen molar-refractivity contribution in [1.82, 2.24) is 0 Å². The number of nitrogens with zero attached hydrogens (tertiary/aromatic N) is 1. The Hall–Kier alpha value is -1.41. The molecular weight excluding hydrogens is 320 g/mol. The zero-order valence-corrected chi connectivity index (χ0v) is 12.4. The first-order valence-corrected chi connectivity index (χ1v) is 7.60. The van der Waals surface area contributed by atoms with Crippen LogP contribution >= 0.6 is 23.2 Å². The minimum absolute atomic E-state index is 0.0614. The highest BCUT2D eigenvalue weighted by Crippen LogP contribution is 2.25. The predicted molar refractivity (Wildman–Crippen MR) is 77.7 cm³/mol. The van der Waals surface area contributed by atoms with E-state index >= 15 is 0 Å². The Bertz CT molecular complexity index is 728. The second-order valence-corrected chi connectivity index (χ2v) is 6.26. The Morgan fingerprint density at radius 1 is 1.15 bits per heavy atom. The summed E-state index contributed by atoms with van der Waals surface area (Å²) in [4.78, 5) is 0.530. The van der Waals surface area contributed by atoms with Gasteiger partial charge in [0, 0.05) is 4.90 Å². The lowest BCUT2D eigenvalue weighted by molar-refractivity contribution is 0.623. The van der Waals surface area contributed by atoms with Crippen LogP contribution in [0.1, 0.15) is 11.1 Å². The first-order chi connectivity index (χ1) is 9.51. The van der Waals surface area contributed by atoms with Crippen LogP contribution in [-0.4, -0.2) is 4.21 Å². The molecule has 2 aromatic carbocycles. The molecule has 0 heterocycles. The van der Waals surface area contributed by atoms with Crippen LogP contribution in [0.3, 0.4) is 0 Å². The number of halogens is 3. The number of nitriles is 1. The lowest BCUT2D eigenvalue weighted by Crippen LogP contribution is -1.98. The Morgan fingerprint density at radius 2 is 1.90 bits per heavy atom. The van der Waals surface area contributed by atoms with Gasteiger partial charge in [-0.15, -0.1) is 0 Å². The smallest absolute Gasteiger partial charge is 0.140 e. The van der Waals surface area contributed by atoms with Crippen molar-refractivity contribution in [3.8, 4) is 6.07 Å². The van der Waals surface area contributed by atoms with Crippen LogP contribution in [0.25, 0.3) is 0 Å². The summed E-state index contributed by atoms with van der Waals surface area (Å²) < 4.78 is 25.4. The van der Waals surface area contributed by atoms with Gasteiger partial charge in [0.1, 0.15) is 11.9 Å². The molecule has 2 rings (SSSR count). The van der Waals surface area contributed by atoms with Crippen LogP contribution in [-0.2, 0) is 16.6 Å². The fraction of sp³-hybridized carbons (Fsp3) is 0.0714. The zero-order valence-electron chi connectivity index (χ0n) is 10.1. The number of hydrogen-bond acceptors (Lipinski definition) is 2. The van der Waals surface area contributed by atoms with Gasteiger partial charge < -0.3 is 0 Å². The molecule has 0 bridgehead atoms. The minimum Gasteiger partial charge on any atom is -0.254 e. The molecule has 0 radical (unpaired) electrons. The molecule has 102 valence electrons. The van der Waals surface area contributed by atoms with Crippen LogP contribution in [0, 0.1) is 17.1 Å². The van der Waals surface area contributed by atoms with Crippen LogP contribution < -0.4 is 0 Å². The van der Waals surface area contributed by atoms with Gasteiger partial charge in [-0.05, 0) is 35.9 Å². The second-order valence-electron chi connectivity index (χ2n) is 3.99. The van der Waals surface area contributed by atoms with Crippen LogP contribution in [0.15, 0.2) is 41.3 Å². The number of rotatable bonds is 3. The van der Waals surface area contributed by atoms with Gasteiger partial charge >= 0.3 is 0 Å². The summed E-state index contributed by atoms with van der Waals surface area (Å²) in [6.07, 6.45) is 0. The van der Waals surface area contributed by atoms with E-state index in [1.165, 1.54) is 24.3 Å². The normalized spacial score (nSPS) is 11.9. The van der Waals surface area contributed by atoms with E-state index in [9.17, 15) is 8.60 Å². The third kappa shape index (κ3) is 3.37. The highest BCUT2D eigenvalue weighted by atomic mass is 35.5. The third-order valence-corrected chi connectivity index (χ3v) is 4.72. The summed E-state index contributed by atoms with van der Waals surface area (Å²) in [7, 11) is -1.34. The van der Waals surface area contributed by atoms with Crippen LogP contribution in [0.2, 0.25) is 10.0 Å². The van der Waals surface area contributed by atoms with Gasteiger partial charge in [0.25, 0.3) is 0 Å². The van der Waals surface area contributed by atoms with E-state index in [-0.39, 0.29) is 11.3 Å². The van der Waals surface area contributed by atoms with E-state index < -0.39 is 16.6 Å². The summed E-state index contributed by atoms with van der Waals surface area (Å²) in [5.41, 5.74) is 0.556. The molecule has 6 heteroatoms. The Morgan fingerprint density at radius 3 is 2.55 bits per heavy atom. The van der Waals surface area contributed by atoms with Crippen molar-refractivity contribution in [2.24, 2.45) is 0 Å². The van der Waals surface area contributed by atoms with E-state index in [2.05, 4.69) is 0 Å². The van der Waals surface area contributed by atoms with E-state index in [0.29, 0.717) is 20.5 Å². The minimum atomic E-state index is -1.34. The summed E-state index contributed by atoms with van der Waals surface area (Å²) >= 11 is 11.7. The number of benzene rings is 2. The van der Waals surface area contributed by atoms with Gasteiger partial charge in [0.05, 0.1) is 32.2 Å². The highest BCUT2D eigenvalue weighted by Gasteiger charge is 2.10. The van der Waals surface area contributed by atoms with Crippen molar-refractivity contribution >= 4 is 34.0 Å². The van der Waals surface area contributed by atoms with Crippen LogP contribution in [0.4, 0.5) is 4.39 Å². The average molecular weight is 328 g/mol. The molecule has 1 unspecified atom stereocenters. The maximum absolute atomic E-state index is 13.2. The van der Waals surface area contributed by atoms with Crippen molar-refractivity contribution in [3.63, 3.8) is 0 Å². The van der Waals surface area contributed by atoms with Gasteiger partial charge in [-0.25, -0.2) is 4.39 Å². The second kappa shape index (κ2) is 6.36. The fourth-order valence-electron chi connectivity index (χ4n) is 1.60. The van der Waals surface area contributed by atoms with E-state index in [0.717, 1.165) is 0 Å². The molecule has 0 saturated carbocycles. The monoisotopic (exact) mass is 327 g/mol. The van der Waals surface area contributed by atoms with Crippen molar-refractivity contribution in [2.75, 3.05) is 0 Å². The van der Waals surface area contributed by atoms with E-state index in [1.54, 1.807) is 18.2 Å². The standard InChI is InChI=1S/C14H8Cl2FNOS/c15-12-3-2-11(6-13(12)16)20(19)8-9-1-4-14(17)10(5-9)7-18/h1-6H,8H2. The largest absolute Gasteiger partial charge is 0.254 e. The van der Waals surface area contributed by atoms with Crippen molar-refractivity contribution in [2.45, 2.75) is 10.6 Å². The van der Waals surface area contributed by atoms with Crippen molar-refractivity contribution < 1.29 is 8.60 Å². The first kappa shape index (κ1) is 15.0. The third-order valence-electron chi connectivity index (χ3n) is 2.60. The number of hydrogen-bond donors (Lipinski definition) is 0. The average Bonchev–Trinajstić information content (AvgIpc) is 2.43. The van der Waals surface area contributed by atoms with Gasteiger partial charge in [0.2, 0.25) is 0 Å². The molecule has 0 aliphatic carbocycles. The maximum atomic E-state index is 13.2. The van der Waals surface area contributed by atoms with Gasteiger partial charge in [-0.2, -0.15) is 5.26 Å².